The highest BCUT2D eigenvalue weighted by atomic mass is 19.1. The van der Waals surface area contributed by atoms with E-state index in [1.54, 1.807) is 26.0 Å². The van der Waals surface area contributed by atoms with Crippen LogP contribution in [0, 0.1) is 12.9 Å². The van der Waals surface area contributed by atoms with Gasteiger partial charge in [-0.15, -0.1) is 0 Å². The highest BCUT2D eigenvalue weighted by Crippen LogP contribution is 2.41. The predicted octanol–water partition coefficient (Wildman–Crippen LogP) is 2.65. The zero-order valence-corrected chi connectivity index (χ0v) is 22.1. The van der Waals surface area contributed by atoms with Crippen LogP contribution >= 0.6 is 0 Å². The second-order valence-corrected chi connectivity index (χ2v) is 10.3. The predicted molar refractivity (Wildman–Crippen MR) is 143 cm³/mol. The molecule has 0 radical (unpaired) electrons. The molecule has 9 nitrogen and oxygen atoms in total. The summed E-state index contributed by atoms with van der Waals surface area (Å²) >= 11 is 0. The van der Waals surface area contributed by atoms with E-state index < -0.39 is 23.7 Å². The molecule has 1 saturated heterocycles. The van der Waals surface area contributed by atoms with Gasteiger partial charge < -0.3 is 10.2 Å². The summed E-state index contributed by atoms with van der Waals surface area (Å²) in [6.45, 7) is 3.58. The summed E-state index contributed by atoms with van der Waals surface area (Å²) in [5.41, 5.74) is 1.15. The minimum atomic E-state index is -0.742. The second kappa shape index (κ2) is 11.0. The summed E-state index contributed by atoms with van der Waals surface area (Å²) in [6.07, 6.45) is 4.38. The fourth-order valence-electron chi connectivity index (χ4n) is 5.30. The first-order valence-corrected chi connectivity index (χ1v) is 13.4. The van der Waals surface area contributed by atoms with Crippen LogP contribution in [0.3, 0.4) is 0 Å². The van der Waals surface area contributed by atoms with Crippen LogP contribution in [0.2, 0.25) is 0 Å². The Bertz CT molecular complexity index is 1510. The van der Waals surface area contributed by atoms with Gasteiger partial charge in [0.1, 0.15) is 12.6 Å². The van der Waals surface area contributed by atoms with Gasteiger partial charge in [0.2, 0.25) is 17.8 Å². The van der Waals surface area contributed by atoms with Crippen molar-refractivity contribution in [3.05, 3.63) is 97.8 Å². The van der Waals surface area contributed by atoms with Gasteiger partial charge in [-0.2, -0.15) is 4.39 Å². The number of nitrogens with zero attached hydrogens (tertiary/aromatic N) is 4. The maximum atomic E-state index is 14.8. The number of hydrogen-bond acceptors (Lipinski definition) is 5. The van der Waals surface area contributed by atoms with Crippen LogP contribution in [0.25, 0.3) is 0 Å². The number of amides is 2. The lowest BCUT2D eigenvalue weighted by molar-refractivity contribution is -0.139. The summed E-state index contributed by atoms with van der Waals surface area (Å²) in [7, 11) is 0. The topological polar surface area (TPSA) is 106 Å². The van der Waals surface area contributed by atoms with Gasteiger partial charge in [-0.3, -0.25) is 23.5 Å². The zero-order chi connectivity index (χ0) is 27.7. The average Bonchev–Trinajstić information content (AvgIpc) is 3.65. The third-order valence-electron chi connectivity index (χ3n) is 7.54. The van der Waals surface area contributed by atoms with Gasteiger partial charge >= 0.3 is 5.69 Å². The molecule has 0 unspecified atom stereocenters. The highest BCUT2D eigenvalue weighted by Gasteiger charge is 2.36. The average molecular weight is 534 g/mol. The van der Waals surface area contributed by atoms with E-state index in [0.29, 0.717) is 36.2 Å². The molecule has 2 fully saturated rings. The Kier molecular flexibility index (Phi) is 7.45. The van der Waals surface area contributed by atoms with E-state index in [2.05, 4.69) is 10.3 Å². The maximum absolute atomic E-state index is 14.8. The lowest BCUT2D eigenvalue weighted by atomic mass is 10.0. The first kappa shape index (κ1) is 26.5. The largest absolute Gasteiger partial charge is 0.342 e. The number of rotatable bonds is 8. The fourth-order valence-corrected chi connectivity index (χ4v) is 5.30. The van der Waals surface area contributed by atoms with Crippen molar-refractivity contribution in [2.24, 2.45) is 0 Å². The van der Waals surface area contributed by atoms with Crippen LogP contribution in [-0.2, 0) is 22.7 Å². The first-order valence-electron chi connectivity index (χ1n) is 13.4. The Morgan fingerprint density at radius 2 is 1.85 bits per heavy atom. The molecule has 39 heavy (non-hydrogen) atoms. The third-order valence-corrected chi connectivity index (χ3v) is 7.54. The lowest BCUT2D eigenvalue weighted by Gasteiger charge is -2.27. The van der Waals surface area contributed by atoms with Crippen LogP contribution in [-0.4, -0.2) is 43.4 Å². The minimum Gasteiger partial charge on any atom is -0.342 e. The van der Waals surface area contributed by atoms with Crippen molar-refractivity contribution in [3.8, 4) is 0 Å². The third kappa shape index (κ3) is 5.41. The van der Waals surface area contributed by atoms with Gasteiger partial charge in [0, 0.05) is 30.4 Å². The monoisotopic (exact) mass is 533 g/mol. The van der Waals surface area contributed by atoms with Crippen molar-refractivity contribution in [1.29, 1.82) is 0 Å². The van der Waals surface area contributed by atoms with E-state index >= 15 is 0 Å². The summed E-state index contributed by atoms with van der Waals surface area (Å²) in [5, 5.41) is 3.00. The van der Waals surface area contributed by atoms with Crippen molar-refractivity contribution in [3.63, 3.8) is 0 Å². The number of carbonyl (C=O) groups excluding carboxylic acids is 2. The Morgan fingerprint density at radius 3 is 2.51 bits per heavy atom. The lowest BCUT2D eigenvalue weighted by Crippen LogP contribution is -2.49. The van der Waals surface area contributed by atoms with Crippen LogP contribution in [0.15, 0.2) is 58.3 Å². The first-order chi connectivity index (χ1) is 18.8. The molecule has 0 bridgehead atoms. The number of carbonyl (C=O) groups is 2. The molecule has 2 aliphatic rings. The number of pyridine rings is 1. The summed E-state index contributed by atoms with van der Waals surface area (Å²) in [5.74, 6) is -1.06. The molecular weight excluding hydrogens is 501 g/mol. The Balaban J connectivity index is 1.37. The molecule has 0 spiro atoms. The molecule has 1 saturated carbocycles. The highest BCUT2D eigenvalue weighted by molar-refractivity contribution is 5.88. The van der Waals surface area contributed by atoms with Crippen LogP contribution < -0.4 is 16.6 Å². The summed E-state index contributed by atoms with van der Waals surface area (Å²) in [4.78, 5) is 57.5. The normalized spacial score (nSPS) is 17.7. The van der Waals surface area contributed by atoms with E-state index in [-0.39, 0.29) is 36.4 Å². The Hall–Kier alpha value is -4.08. The standard InChI is InChI=1S/C29H32FN5O4/c1-3-34-28(38)18(2)16-33(29(34)39)17-24(36)35-15-7-10-23(35)27(37)32-25(20-8-5-4-6-9-20)22-14-13-21(19-11-12-19)26(30)31-22/h4-6,8-9,13-14,16,19,23,25H,3,7,10-12,15,17H2,1-2H3,(H,32,37)/t23-,25-/m0/s1. The maximum Gasteiger partial charge on any atom is 0.331 e. The number of aromatic nitrogens is 3. The van der Waals surface area contributed by atoms with Crippen molar-refractivity contribution in [2.45, 2.75) is 70.6 Å². The van der Waals surface area contributed by atoms with Gasteiger partial charge in [0.05, 0.1) is 11.7 Å². The van der Waals surface area contributed by atoms with Gasteiger partial charge in [0.25, 0.3) is 5.56 Å². The minimum absolute atomic E-state index is 0.194. The quantitative estimate of drug-likeness (QED) is 0.448. The molecule has 1 N–H and O–H groups in total. The molecule has 1 aliphatic heterocycles. The van der Waals surface area contributed by atoms with E-state index in [9.17, 15) is 23.6 Å². The molecule has 204 valence electrons. The fraction of sp³-hybridized carbons (Fsp3) is 0.414. The van der Waals surface area contributed by atoms with Crippen molar-refractivity contribution >= 4 is 11.8 Å². The number of benzene rings is 1. The molecule has 5 rings (SSSR count). The molecule has 3 aromatic rings. The van der Waals surface area contributed by atoms with Gasteiger partial charge in [-0.1, -0.05) is 36.4 Å². The number of halogens is 1. The molecule has 1 aliphatic carbocycles. The van der Waals surface area contributed by atoms with E-state index in [1.807, 2.05) is 30.3 Å². The van der Waals surface area contributed by atoms with Gasteiger partial charge in [-0.25, -0.2) is 9.78 Å². The summed E-state index contributed by atoms with van der Waals surface area (Å²) in [6, 6.07) is 11.3. The number of aryl methyl sites for hydroxylation is 1. The van der Waals surface area contributed by atoms with Crippen molar-refractivity contribution < 1.29 is 14.0 Å². The molecule has 3 heterocycles. The van der Waals surface area contributed by atoms with E-state index in [4.69, 9.17) is 0 Å². The number of nitrogens with one attached hydrogen (secondary N) is 1. The van der Waals surface area contributed by atoms with Crippen LogP contribution in [0.4, 0.5) is 4.39 Å². The second-order valence-electron chi connectivity index (χ2n) is 10.3. The Labute approximate surface area is 225 Å². The van der Waals surface area contributed by atoms with Crippen LogP contribution in [0.1, 0.15) is 67.0 Å². The molecular formula is C29H32FN5O4. The van der Waals surface area contributed by atoms with E-state index in [0.717, 1.165) is 23.0 Å². The number of likely N-dealkylation sites (tertiary alicyclic amines) is 1. The summed E-state index contributed by atoms with van der Waals surface area (Å²) < 4.78 is 17.1. The number of hydrogen-bond donors (Lipinski definition) is 1. The zero-order valence-electron chi connectivity index (χ0n) is 22.1. The van der Waals surface area contributed by atoms with Crippen LogP contribution in [0.5, 0.6) is 0 Å². The molecule has 2 atom stereocenters. The van der Waals surface area contributed by atoms with Crippen molar-refractivity contribution in [1.82, 2.24) is 24.3 Å². The molecule has 2 amide bonds. The smallest absolute Gasteiger partial charge is 0.331 e. The van der Waals surface area contributed by atoms with E-state index in [1.165, 1.54) is 15.7 Å². The molecule has 10 heteroatoms. The molecule has 2 aromatic heterocycles. The SMILES string of the molecule is CCn1c(=O)c(C)cn(CC(=O)N2CCC[C@H]2C(=O)N[C@@H](c2ccccc2)c2ccc(C3CC3)c(F)n2)c1=O. The van der Waals surface area contributed by atoms with Gasteiger partial charge in [-0.05, 0) is 57.1 Å². The van der Waals surface area contributed by atoms with Gasteiger partial charge in [0.15, 0.2) is 0 Å². The van der Waals surface area contributed by atoms with Crippen molar-refractivity contribution in [2.75, 3.05) is 6.54 Å². The molecule has 1 aromatic carbocycles. The Morgan fingerprint density at radius 1 is 1.10 bits per heavy atom.